The number of likely N-dealkylation sites (N-methyl/N-ethyl adjacent to an activating group) is 1. The number of rotatable bonds is 6. The van der Waals surface area contributed by atoms with Crippen LogP contribution in [0.2, 0.25) is 0 Å². The Morgan fingerprint density at radius 1 is 0.976 bits per heavy atom. The van der Waals surface area contributed by atoms with E-state index in [9.17, 15) is 34.8 Å². The topological polar surface area (TPSA) is 189 Å². The highest BCUT2D eigenvalue weighted by Crippen LogP contribution is 2.55. The van der Waals surface area contributed by atoms with Crippen LogP contribution in [0.25, 0.3) is 16.9 Å². The third-order valence-electron chi connectivity index (χ3n) is 8.60. The first kappa shape index (κ1) is 29.0. The third-order valence-corrected chi connectivity index (χ3v) is 8.60. The summed E-state index contributed by atoms with van der Waals surface area (Å²) in [6.07, 6.45) is 0.0969. The van der Waals surface area contributed by atoms with Crippen LogP contribution in [0.15, 0.2) is 41.2 Å². The van der Waals surface area contributed by atoms with Crippen LogP contribution in [-0.2, 0) is 20.8 Å². The van der Waals surface area contributed by atoms with Gasteiger partial charge < -0.3 is 40.4 Å². The molecule has 1 saturated carbocycles. The molecule has 2 aromatic carbocycles. The number of hydrogen-bond acceptors (Lipinski definition) is 11. The molecule has 4 atom stereocenters. The minimum Gasteiger partial charge on any atom is -0.508 e. The Morgan fingerprint density at radius 3 is 2.19 bits per heavy atom. The van der Waals surface area contributed by atoms with Gasteiger partial charge in [0, 0.05) is 17.1 Å². The highest BCUT2D eigenvalue weighted by molar-refractivity contribution is 6.24. The van der Waals surface area contributed by atoms with Gasteiger partial charge in [0.15, 0.2) is 22.9 Å². The summed E-state index contributed by atoms with van der Waals surface area (Å²) < 4.78 is 16.6. The molecule has 0 bridgehead atoms. The highest BCUT2D eigenvalue weighted by atomic mass is 16.5. The Hall–Kier alpha value is -4.55. The van der Waals surface area contributed by atoms with Gasteiger partial charge in [-0.25, -0.2) is 0 Å². The standard InChI is InChI=1S/C30H32N2O10/c1-32(2)22-16-11-12-10-15-13(14-7-9-18(40-3)26(42-5)25(14)41-4)6-8-17(33)20(15)23(34)19(12)27(36)30(16,39)28(37)21(24(22)35)29(31)38/h6-9,12,16,22,33-34,37,39H,10-11H2,1-5H3,(H2,31,38)/t12-,16-,22+,30-/m1/s1. The van der Waals surface area contributed by atoms with E-state index in [1.165, 1.54) is 32.3 Å². The Morgan fingerprint density at radius 2 is 1.62 bits per heavy atom. The van der Waals surface area contributed by atoms with Crippen molar-refractivity contribution in [2.24, 2.45) is 17.6 Å². The molecule has 12 heteroatoms. The lowest BCUT2D eigenvalue weighted by molar-refractivity contribution is -0.153. The number of fused-ring (bicyclic) bond motifs is 3. The van der Waals surface area contributed by atoms with Gasteiger partial charge in [0.1, 0.15) is 22.8 Å². The van der Waals surface area contributed by atoms with Crippen molar-refractivity contribution in [3.63, 3.8) is 0 Å². The third kappa shape index (κ3) is 3.78. The number of amides is 1. The molecule has 0 spiro atoms. The Labute approximate surface area is 241 Å². The number of methoxy groups -OCH3 is 3. The van der Waals surface area contributed by atoms with E-state index in [4.69, 9.17) is 19.9 Å². The number of nitrogens with two attached hydrogens (primary N) is 1. The zero-order valence-corrected chi connectivity index (χ0v) is 23.7. The molecule has 0 saturated heterocycles. The molecule has 1 amide bonds. The lowest BCUT2D eigenvalue weighted by Crippen LogP contribution is -2.65. The predicted molar refractivity (Wildman–Crippen MR) is 149 cm³/mol. The Balaban J connectivity index is 1.75. The average molecular weight is 581 g/mol. The Kier molecular flexibility index (Phi) is 6.94. The van der Waals surface area contributed by atoms with Crippen LogP contribution in [0, 0.1) is 11.8 Å². The number of aliphatic hydroxyl groups excluding tert-OH is 2. The summed E-state index contributed by atoms with van der Waals surface area (Å²) in [5, 5.41) is 45.2. The van der Waals surface area contributed by atoms with Gasteiger partial charge in [0.05, 0.1) is 32.9 Å². The van der Waals surface area contributed by atoms with Gasteiger partial charge in [0.25, 0.3) is 5.91 Å². The van der Waals surface area contributed by atoms with E-state index in [1.807, 2.05) is 0 Å². The van der Waals surface area contributed by atoms with Crippen LogP contribution in [0.1, 0.15) is 17.5 Å². The van der Waals surface area contributed by atoms with Crippen LogP contribution in [0.3, 0.4) is 0 Å². The molecule has 3 aliphatic rings. The smallest absolute Gasteiger partial charge is 0.255 e. The number of Topliss-reactive ketones (excluding diaryl/α,β-unsaturated/α-hetero) is 2. The van der Waals surface area contributed by atoms with Gasteiger partial charge in [-0.3, -0.25) is 19.3 Å². The summed E-state index contributed by atoms with van der Waals surface area (Å²) in [4.78, 5) is 40.9. The molecular weight excluding hydrogens is 548 g/mol. The van der Waals surface area contributed by atoms with Gasteiger partial charge in [-0.05, 0) is 62.2 Å². The maximum absolute atomic E-state index is 14.0. The summed E-state index contributed by atoms with van der Waals surface area (Å²) in [7, 11) is 7.51. The zero-order chi connectivity index (χ0) is 30.8. The Bertz CT molecular complexity index is 1610. The molecule has 2 aromatic rings. The quantitative estimate of drug-likeness (QED) is 0.313. The van der Waals surface area contributed by atoms with E-state index in [0.29, 0.717) is 33.9 Å². The summed E-state index contributed by atoms with van der Waals surface area (Å²) in [5.41, 5.74) is 3.18. The van der Waals surface area contributed by atoms with Crippen molar-refractivity contribution in [2.45, 2.75) is 24.5 Å². The molecule has 0 heterocycles. The number of aliphatic hydroxyl groups is 3. The summed E-state index contributed by atoms with van der Waals surface area (Å²) in [5.74, 6) is -6.00. The monoisotopic (exact) mass is 580 g/mol. The fraction of sp³-hybridized carbons (Fsp3) is 0.367. The van der Waals surface area contributed by atoms with E-state index in [0.717, 1.165) is 0 Å². The summed E-state index contributed by atoms with van der Waals surface area (Å²) in [6.45, 7) is 0. The van der Waals surface area contributed by atoms with Crippen molar-refractivity contribution >= 4 is 23.2 Å². The summed E-state index contributed by atoms with van der Waals surface area (Å²) >= 11 is 0. The average Bonchev–Trinajstić information content (AvgIpc) is 2.93. The summed E-state index contributed by atoms with van der Waals surface area (Å²) in [6, 6.07) is 5.26. The lowest BCUT2D eigenvalue weighted by Gasteiger charge is -2.50. The molecular formula is C30H32N2O10. The first-order valence-corrected chi connectivity index (χ1v) is 13.1. The van der Waals surface area contributed by atoms with Crippen molar-refractivity contribution in [1.29, 1.82) is 0 Å². The molecule has 0 unspecified atom stereocenters. The number of phenols is 1. The minimum absolute atomic E-state index is 0.0239. The predicted octanol–water partition coefficient (Wildman–Crippen LogP) is 1.66. The maximum Gasteiger partial charge on any atom is 0.255 e. The van der Waals surface area contributed by atoms with Crippen molar-refractivity contribution in [3.05, 3.63) is 52.3 Å². The molecule has 42 heavy (non-hydrogen) atoms. The van der Waals surface area contributed by atoms with E-state index in [-0.39, 0.29) is 29.7 Å². The number of aromatic hydroxyl groups is 1. The molecule has 5 rings (SSSR count). The van der Waals surface area contributed by atoms with E-state index < -0.39 is 58.0 Å². The van der Waals surface area contributed by atoms with Crippen LogP contribution < -0.4 is 19.9 Å². The fourth-order valence-electron chi connectivity index (χ4n) is 6.81. The van der Waals surface area contributed by atoms with E-state index >= 15 is 0 Å². The number of phenolic OH excluding ortho intramolecular Hbond substituents is 1. The second kappa shape index (κ2) is 10.1. The number of carbonyl (C=O) groups excluding carboxylic acids is 3. The number of carbonyl (C=O) groups is 3. The van der Waals surface area contributed by atoms with E-state index in [1.54, 1.807) is 32.3 Å². The van der Waals surface area contributed by atoms with Gasteiger partial charge in [-0.2, -0.15) is 0 Å². The minimum atomic E-state index is -2.70. The van der Waals surface area contributed by atoms with Crippen molar-refractivity contribution in [2.75, 3.05) is 35.4 Å². The molecule has 0 aromatic heterocycles. The van der Waals surface area contributed by atoms with Crippen LogP contribution >= 0.6 is 0 Å². The van der Waals surface area contributed by atoms with Gasteiger partial charge in [-0.15, -0.1) is 0 Å². The second-order valence-electron chi connectivity index (χ2n) is 10.8. The van der Waals surface area contributed by atoms with Crippen LogP contribution in [-0.4, -0.2) is 89.9 Å². The number of ether oxygens (including phenoxy) is 3. The van der Waals surface area contributed by atoms with Crippen molar-refractivity contribution in [3.8, 4) is 34.1 Å². The highest BCUT2D eigenvalue weighted by Gasteiger charge is 2.64. The van der Waals surface area contributed by atoms with Crippen LogP contribution in [0.4, 0.5) is 0 Å². The zero-order valence-electron chi connectivity index (χ0n) is 23.7. The first-order valence-electron chi connectivity index (χ1n) is 13.1. The fourth-order valence-corrected chi connectivity index (χ4v) is 6.81. The molecule has 12 nitrogen and oxygen atoms in total. The number of primary amides is 1. The van der Waals surface area contributed by atoms with Gasteiger partial charge in [0.2, 0.25) is 11.5 Å². The number of benzene rings is 2. The number of nitrogens with zero attached hydrogens (tertiary/aromatic N) is 1. The SMILES string of the molecule is COc1ccc(-c2ccc(O)c3c2C[C@@H]2C[C@@H]4[C@H](N(C)C)C(=O)C(C(N)=O)=C(O)[C@]4(O)C(=O)C2=C3O)c(OC)c1OC. The molecule has 222 valence electrons. The molecule has 3 aliphatic carbocycles. The molecule has 0 aliphatic heterocycles. The van der Waals surface area contributed by atoms with Gasteiger partial charge in [-0.1, -0.05) is 6.07 Å². The first-order chi connectivity index (χ1) is 19.8. The second-order valence-corrected chi connectivity index (χ2v) is 10.8. The normalized spacial score (nSPS) is 25.2. The maximum atomic E-state index is 14.0. The molecule has 1 fully saturated rings. The molecule has 0 radical (unpaired) electrons. The van der Waals surface area contributed by atoms with Gasteiger partial charge >= 0.3 is 0 Å². The van der Waals surface area contributed by atoms with Crippen molar-refractivity contribution < 1.29 is 49.0 Å². The number of hydrogen-bond donors (Lipinski definition) is 5. The van der Waals surface area contributed by atoms with Crippen LogP contribution in [0.5, 0.6) is 23.0 Å². The van der Waals surface area contributed by atoms with E-state index in [2.05, 4.69) is 0 Å². The van der Waals surface area contributed by atoms with Crippen molar-refractivity contribution in [1.82, 2.24) is 4.90 Å². The number of ketones is 2. The molecule has 6 N–H and O–H groups in total. The lowest BCUT2D eigenvalue weighted by atomic mass is 9.57. The largest absolute Gasteiger partial charge is 0.508 e.